The van der Waals surface area contributed by atoms with Crippen molar-refractivity contribution in [2.24, 2.45) is 10.4 Å². The number of amidine groups is 1. The minimum Gasteiger partial charge on any atom is -0.457 e. The summed E-state index contributed by atoms with van der Waals surface area (Å²) in [7, 11) is 0. The van der Waals surface area contributed by atoms with Crippen LogP contribution >= 0.6 is 0 Å². The predicted molar refractivity (Wildman–Crippen MR) is 151 cm³/mol. The van der Waals surface area contributed by atoms with Crippen molar-refractivity contribution >= 4 is 17.4 Å². The number of benzene rings is 1. The van der Waals surface area contributed by atoms with E-state index in [1.54, 1.807) is 18.3 Å². The van der Waals surface area contributed by atoms with E-state index in [0.717, 1.165) is 37.3 Å². The van der Waals surface area contributed by atoms with Crippen LogP contribution in [0.2, 0.25) is 0 Å². The number of piperidine rings is 1. The predicted octanol–water partition coefficient (Wildman–Crippen LogP) is 6.38. The number of ether oxygens (including phenoxy) is 1. The summed E-state index contributed by atoms with van der Waals surface area (Å²) in [5.74, 6) is 1.72. The zero-order valence-corrected chi connectivity index (χ0v) is 23.1. The SMILES string of the molecule is CC12CC1c1ccc(Oc3ccnc(C(=O)NCCN4CCCCC4)c3)cc1N=C2NC1=CC(C(F)(F)F)=CCC1. The van der Waals surface area contributed by atoms with Gasteiger partial charge >= 0.3 is 6.18 Å². The highest BCUT2D eigenvalue weighted by Crippen LogP contribution is 2.64. The van der Waals surface area contributed by atoms with E-state index in [9.17, 15) is 18.0 Å². The number of rotatable bonds is 7. The second kappa shape index (κ2) is 11.0. The van der Waals surface area contributed by atoms with E-state index in [-0.39, 0.29) is 22.9 Å². The van der Waals surface area contributed by atoms with Crippen LogP contribution in [-0.4, -0.2) is 54.0 Å². The van der Waals surface area contributed by atoms with Crippen molar-refractivity contribution < 1.29 is 22.7 Å². The fourth-order valence-corrected chi connectivity index (χ4v) is 5.96. The summed E-state index contributed by atoms with van der Waals surface area (Å²) >= 11 is 0. The maximum absolute atomic E-state index is 13.3. The summed E-state index contributed by atoms with van der Waals surface area (Å²) in [6.07, 6.45) is 5.00. The number of alkyl halides is 3. The van der Waals surface area contributed by atoms with Crippen molar-refractivity contribution in [2.75, 3.05) is 26.2 Å². The lowest BCUT2D eigenvalue weighted by Crippen LogP contribution is -2.37. The van der Waals surface area contributed by atoms with Gasteiger partial charge in [-0.2, -0.15) is 13.2 Å². The Hall–Kier alpha value is -3.66. The van der Waals surface area contributed by atoms with E-state index in [4.69, 9.17) is 9.73 Å². The van der Waals surface area contributed by atoms with Crippen molar-refractivity contribution in [3.8, 4) is 11.5 Å². The molecule has 1 saturated carbocycles. The van der Waals surface area contributed by atoms with Gasteiger partial charge in [0, 0.05) is 42.5 Å². The summed E-state index contributed by atoms with van der Waals surface area (Å²) in [6.45, 7) is 5.64. The van der Waals surface area contributed by atoms with Crippen LogP contribution in [0.15, 0.2) is 64.9 Å². The molecule has 4 aliphatic rings. The topological polar surface area (TPSA) is 78.8 Å². The third-order valence-electron chi connectivity index (χ3n) is 8.46. The van der Waals surface area contributed by atoms with Crippen LogP contribution in [0.25, 0.3) is 0 Å². The van der Waals surface area contributed by atoms with Crippen LogP contribution in [0.1, 0.15) is 67.4 Å². The highest BCUT2D eigenvalue weighted by Gasteiger charge is 2.57. The number of hydrogen-bond donors (Lipinski definition) is 2. The smallest absolute Gasteiger partial charge is 0.416 e. The number of pyridine rings is 1. The number of aliphatic imine (C=N–C) groups is 1. The Morgan fingerprint density at radius 2 is 1.95 bits per heavy atom. The molecule has 2 atom stereocenters. The molecule has 1 aromatic carbocycles. The van der Waals surface area contributed by atoms with Crippen molar-refractivity contribution in [3.63, 3.8) is 0 Å². The van der Waals surface area contributed by atoms with E-state index in [1.807, 2.05) is 18.2 Å². The van der Waals surface area contributed by atoms with Crippen molar-refractivity contribution in [1.82, 2.24) is 20.5 Å². The summed E-state index contributed by atoms with van der Waals surface area (Å²) in [5.41, 5.74) is 1.80. The number of fused-ring (bicyclic) bond motifs is 3. The number of amides is 1. The fourth-order valence-electron chi connectivity index (χ4n) is 5.96. The normalized spacial score (nSPS) is 23.8. The molecule has 0 bridgehead atoms. The third-order valence-corrected chi connectivity index (χ3v) is 8.46. The summed E-state index contributed by atoms with van der Waals surface area (Å²) in [5, 5.41) is 6.18. The monoisotopic (exact) mass is 565 g/mol. The first-order valence-corrected chi connectivity index (χ1v) is 14.3. The highest BCUT2D eigenvalue weighted by molar-refractivity contribution is 5.98. The molecule has 0 spiro atoms. The van der Waals surface area contributed by atoms with Crippen LogP contribution in [0.4, 0.5) is 18.9 Å². The lowest BCUT2D eigenvalue weighted by molar-refractivity contribution is -0.0887. The molecule has 2 unspecified atom stereocenters. The number of nitrogens with one attached hydrogen (secondary N) is 2. The Morgan fingerprint density at radius 1 is 1.15 bits per heavy atom. The zero-order chi connectivity index (χ0) is 28.6. The molecule has 2 aliphatic heterocycles. The number of nitrogens with zero attached hydrogens (tertiary/aromatic N) is 3. The molecule has 7 nitrogen and oxygen atoms in total. The van der Waals surface area contributed by atoms with Crippen LogP contribution in [0.3, 0.4) is 0 Å². The van der Waals surface area contributed by atoms with Gasteiger partial charge in [-0.1, -0.05) is 25.5 Å². The van der Waals surface area contributed by atoms with E-state index >= 15 is 0 Å². The first-order chi connectivity index (χ1) is 19.7. The Kier molecular flexibility index (Phi) is 7.36. The Bertz CT molecular complexity index is 1430. The number of carbonyl (C=O) groups excluding carboxylic acids is 1. The molecule has 0 radical (unpaired) electrons. The van der Waals surface area contributed by atoms with Gasteiger partial charge in [-0.05, 0) is 74.9 Å². The number of aromatic nitrogens is 1. The molecule has 1 aromatic heterocycles. The molecule has 1 amide bonds. The Balaban J connectivity index is 1.13. The van der Waals surface area contributed by atoms with Crippen LogP contribution in [-0.2, 0) is 0 Å². The van der Waals surface area contributed by atoms with Gasteiger partial charge in [0.25, 0.3) is 5.91 Å². The third kappa shape index (κ3) is 6.02. The van der Waals surface area contributed by atoms with E-state index < -0.39 is 11.7 Å². The Morgan fingerprint density at radius 3 is 2.76 bits per heavy atom. The average Bonchev–Trinajstić information content (AvgIpc) is 3.67. The van der Waals surface area contributed by atoms with E-state index in [0.29, 0.717) is 42.4 Å². The van der Waals surface area contributed by atoms with Crippen molar-refractivity contribution in [1.29, 1.82) is 0 Å². The van der Waals surface area contributed by atoms with Crippen LogP contribution in [0.5, 0.6) is 11.5 Å². The number of likely N-dealkylation sites (tertiary alicyclic amines) is 1. The molecule has 216 valence electrons. The van der Waals surface area contributed by atoms with Crippen molar-refractivity contribution in [2.45, 2.75) is 57.5 Å². The second-order valence-corrected chi connectivity index (χ2v) is 11.5. The molecular formula is C31H34F3N5O2. The van der Waals surface area contributed by atoms with Gasteiger partial charge in [-0.15, -0.1) is 0 Å². The standard InChI is InChI=1S/C31H34F3N5O2/c1-30-19-25(30)24-9-8-22(17-26(24)38-29(30)37-21-7-5-6-20(16-21)31(32,33)34)41-23-10-11-35-27(18-23)28(40)36-12-15-39-13-3-2-4-14-39/h6,8-11,16-18,25H,2-5,7,12-15,19H2,1H3,(H,36,40)(H,37,38). The molecule has 2 aromatic rings. The lowest BCUT2D eigenvalue weighted by atomic mass is 9.94. The second-order valence-electron chi connectivity index (χ2n) is 11.5. The molecule has 2 fully saturated rings. The average molecular weight is 566 g/mol. The summed E-state index contributed by atoms with van der Waals surface area (Å²) in [6, 6.07) is 9.03. The molecule has 2 N–H and O–H groups in total. The van der Waals surface area contributed by atoms with Gasteiger partial charge in [0.2, 0.25) is 0 Å². The number of allylic oxidation sites excluding steroid dienone is 4. The van der Waals surface area contributed by atoms with Gasteiger partial charge in [-0.25, -0.2) is 4.99 Å². The largest absolute Gasteiger partial charge is 0.457 e. The molecule has 1 saturated heterocycles. The molecular weight excluding hydrogens is 531 g/mol. The Labute approximate surface area is 237 Å². The zero-order valence-electron chi connectivity index (χ0n) is 23.1. The summed E-state index contributed by atoms with van der Waals surface area (Å²) in [4.78, 5) is 24.1. The molecule has 2 aliphatic carbocycles. The number of hydrogen-bond acceptors (Lipinski definition) is 6. The molecule has 3 heterocycles. The quantitative estimate of drug-likeness (QED) is 0.407. The molecule has 6 rings (SSSR count). The number of halogens is 3. The maximum atomic E-state index is 13.3. The first kappa shape index (κ1) is 27.5. The first-order valence-electron chi connectivity index (χ1n) is 14.3. The maximum Gasteiger partial charge on any atom is 0.416 e. The van der Waals surface area contributed by atoms with Gasteiger partial charge in [0.15, 0.2) is 0 Å². The summed E-state index contributed by atoms with van der Waals surface area (Å²) < 4.78 is 45.9. The van der Waals surface area contributed by atoms with E-state index in [2.05, 4.69) is 27.4 Å². The molecule has 41 heavy (non-hydrogen) atoms. The lowest BCUT2D eigenvalue weighted by Gasteiger charge is -2.26. The minimum atomic E-state index is -4.37. The molecule has 10 heteroatoms. The van der Waals surface area contributed by atoms with Crippen LogP contribution in [0, 0.1) is 5.41 Å². The van der Waals surface area contributed by atoms with Crippen molar-refractivity contribution in [3.05, 3.63) is 71.2 Å². The number of carbonyl (C=O) groups is 1. The fraction of sp³-hybridized carbons (Fsp3) is 0.452. The van der Waals surface area contributed by atoms with Gasteiger partial charge in [0.05, 0.1) is 11.3 Å². The van der Waals surface area contributed by atoms with Gasteiger partial charge < -0.3 is 20.3 Å². The highest BCUT2D eigenvalue weighted by atomic mass is 19.4. The van der Waals surface area contributed by atoms with Crippen LogP contribution < -0.4 is 15.4 Å². The van der Waals surface area contributed by atoms with Gasteiger partial charge in [0.1, 0.15) is 23.0 Å². The van der Waals surface area contributed by atoms with Gasteiger partial charge in [-0.3, -0.25) is 9.78 Å². The minimum absolute atomic E-state index is 0.225. The van der Waals surface area contributed by atoms with E-state index in [1.165, 1.54) is 31.4 Å².